The zero-order valence-electron chi connectivity index (χ0n) is 15.1. The molecule has 0 N–H and O–H groups in total. The summed E-state index contributed by atoms with van der Waals surface area (Å²) in [5.41, 5.74) is 4.34. The maximum Gasteiger partial charge on any atom is 0.280 e. The van der Waals surface area contributed by atoms with E-state index < -0.39 is 11.0 Å². The van der Waals surface area contributed by atoms with Crippen LogP contribution in [0.3, 0.4) is 0 Å². The average molecular weight is 365 g/mol. The lowest BCUT2D eigenvalue weighted by Crippen LogP contribution is -2.70. The summed E-state index contributed by atoms with van der Waals surface area (Å²) in [4.78, 5) is 0. The van der Waals surface area contributed by atoms with Crippen molar-refractivity contribution in [2.45, 2.75) is 23.3 Å². The van der Waals surface area contributed by atoms with Gasteiger partial charge >= 0.3 is 0 Å². The van der Waals surface area contributed by atoms with Crippen molar-refractivity contribution in [2.24, 2.45) is 0 Å². The Morgan fingerprint density at radius 3 is 2.32 bits per heavy atom. The van der Waals surface area contributed by atoms with Crippen LogP contribution in [0.15, 0.2) is 94.7 Å². The van der Waals surface area contributed by atoms with Crippen LogP contribution in [0.2, 0.25) is 0 Å². The predicted octanol–water partition coefficient (Wildman–Crippen LogP) is 4.26. The number of rotatable bonds is 2. The highest BCUT2D eigenvalue weighted by atomic mass is 16.3. The number of fused-ring (bicyclic) bond motifs is 1. The Balaban J connectivity index is 1.80. The monoisotopic (exact) mass is 365 g/mol. The third-order valence-electron chi connectivity index (χ3n) is 6.60. The van der Waals surface area contributed by atoms with Crippen molar-refractivity contribution in [3.63, 3.8) is 0 Å². The molecule has 4 aromatic rings. The van der Waals surface area contributed by atoms with Crippen LogP contribution in [0, 0.1) is 11.3 Å². The molecule has 0 saturated heterocycles. The van der Waals surface area contributed by atoms with Gasteiger partial charge in [-0.15, -0.1) is 0 Å². The lowest BCUT2D eigenvalue weighted by molar-refractivity contribution is -0.759. The zero-order valence-corrected chi connectivity index (χ0v) is 15.1. The first kappa shape index (κ1) is 15.5. The molecular formula is C24H17N2O2+. The highest BCUT2D eigenvalue weighted by Gasteiger charge is 2.67. The first-order valence-corrected chi connectivity index (χ1v) is 9.38. The molecule has 3 aliphatic rings. The van der Waals surface area contributed by atoms with E-state index in [1.165, 1.54) is 5.56 Å². The second-order valence-electron chi connectivity index (χ2n) is 7.66. The van der Waals surface area contributed by atoms with Crippen LogP contribution in [0.4, 0.5) is 0 Å². The number of furan rings is 2. The molecule has 0 radical (unpaired) electrons. The molecular weight excluding hydrogens is 348 g/mol. The molecule has 0 amide bonds. The minimum absolute atomic E-state index is 0.0512. The number of hydrogen-bond donors (Lipinski definition) is 0. The normalized spacial score (nSPS) is 23.6. The SMILES string of the molecule is N#C[C@]12CC(c3ccoc3)(c3ccoc3)[C@H](c3ccccc31)c1cccc[n+]12. The molecule has 4 heteroatoms. The molecule has 7 rings (SSSR count). The van der Waals surface area contributed by atoms with E-state index in [1.807, 2.05) is 43.0 Å². The number of hydrogen-bond acceptors (Lipinski definition) is 3. The molecule has 4 nitrogen and oxygen atoms in total. The van der Waals surface area contributed by atoms with Gasteiger partial charge in [-0.1, -0.05) is 30.3 Å². The molecule has 0 saturated carbocycles. The quantitative estimate of drug-likeness (QED) is 0.499. The summed E-state index contributed by atoms with van der Waals surface area (Å²) >= 11 is 0. The second kappa shape index (κ2) is 5.24. The third-order valence-corrected chi connectivity index (χ3v) is 6.60. The van der Waals surface area contributed by atoms with Crippen molar-refractivity contribution in [1.82, 2.24) is 0 Å². The number of benzene rings is 1. The van der Waals surface area contributed by atoms with E-state index >= 15 is 0 Å². The molecule has 0 spiro atoms. The summed E-state index contributed by atoms with van der Waals surface area (Å²) in [5.74, 6) is 0.0512. The van der Waals surface area contributed by atoms with E-state index in [0.29, 0.717) is 6.42 Å². The van der Waals surface area contributed by atoms with Crippen molar-refractivity contribution in [2.75, 3.05) is 0 Å². The van der Waals surface area contributed by atoms with E-state index in [-0.39, 0.29) is 5.92 Å². The van der Waals surface area contributed by atoms with Crippen LogP contribution >= 0.6 is 0 Å². The minimum atomic E-state index is -0.795. The molecule has 2 bridgehead atoms. The maximum atomic E-state index is 10.6. The fraction of sp³-hybridized carbons (Fsp3) is 0.167. The van der Waals surface area contributed by atoms with Crippen molar-refractivity contribution in [3.8, 4) is 6.07 Å². The standard InChI is InChI=1S/C24H17N2O2/c25-16-23-15-24(17-8-11-27-13-17,18-9-12-28-14-18)22(19-5-1-2-6-20(19)23)21-7-3-4-10-26(21)23/h1-14,22H,15H2/q+1/t22-,23-/m1/s1. The molecule has 0 unspecified atom stereocenters. The Morgan fingerprint density at radius 1 is 0.929 bits per heavy atom. The summed E-state index contributed by atoms with van der Waals surface area (Å²) in [7, 11) is 0. The van der Waals surface area contributed by atoms with E-state index in [1.54, 1.807) is 12.5 Å². The Labute approximate surface area is 162 Å². The minimum Gasteiger partial charge on any atom is -0.472 e. The third kappa shape index (κ3) is 1.63. The smallest absolute Gasteiger partial charge is 0.280 e. The number of pyridine rings is 1. The van der Waals surface area contributed by atoms with Crippen LogP contribution < -0.4 is 4.57 Å². The van der Waals surface area contributed by atoms with Crippen molar-refractivity contribution in [1.29, 1.82) is 5.26 Å². The van der Waals surface area contributed by atoms with Crippen molar-refractivity contribution >= 4 is 0 Å². The first-order valence-electron chi connectivity index (χ1n) is 9.38. The number of aromatic nitrogens is 1. The molecule has 3 aromatic heterocycles. The van der Waals surface area contributed by atoms with Gasteiger partial charge in [0, 0.05) is 35.2 Å². The van der Waals surface area contributed by atoms with Gasteiger partial charge in [-0.2, -0.15) is 9.83 Å². The lowest BCUT2D eigenvalue weighted by Gasteiger charge is -2.51. The number of nitriles is 1. The van der Waals surface area contributed by atoms with Crippen LogP contribution in [-0.4, -0.2) is 0 Å². The van der Waals surface area contributed by atoms with Crippen LogP contribution in [0.1, 0.15) is 40.3 Å². The summed E-state index contributed by atoms with van der Waals surface area (Å²) in [6.07, 6.45) is 9.71. The topological polar surface area (TPSA) is 54.0 Å². The summed E-state index contributed by atoms with van der Waals surface area (Å²) in [5, 5.41) is 10.6. The van der Waals surface area contributed by atoms with Gasteiger partial charge < -0.3 is 8.83 Å². The molecule has 1 aromatic carbocycles. The van der Waals surface area contributed by atoms with Crippen molar-refractivity contribution < 1.29 is 13.4 Å². The van der Waals surface area contributed by atoms with E-state index in [2.05, 4.69) is 41.0 Å². The zero-order chi connectivity index (χ0) is 18.8. The predicted molar refractivity (Wildman–Crippen MR) is 100 cm³/mol. The van der Waals surface area contributed by atoms with Gasteiger partial charge in [-0.25, -0.2) is 0 Å². The summed E-state index contributed by atoms with van der Waals surface area (Å²) < 4.78 is 13.2. The summed E-state index contributed by atoms with van der Waals surface area (Å²) in [6.45, 7) is 0. The number of nitrogens with zero attached hydrogens (tertiary/aromatic N) is 2. The van der Waals surface area contributed by atoms with Gasteiger partial charge in [-0.3, -0.25) is 0 Å². The van der Waals surface area contributed by atoms with Crippen LogP contribution in [0.5, 0.6) is 0 Å². The molecule has 134 valence electrons. The second-order valence-corrected chi connectivity index (χ2v) is 7.66. The lowest BCUT2D eigenvalue weighted by atomic mass is 9.50. The molecule has 2 aliphatic heterocycles. The molecule has 2 atom stereocenters. The molecule has 0 fully saturated rings. The fourth-order valence-corrected chi connectivity index (χ4v) is 5.55. The van der Waals surface area contributed by atoms with E-state index in [0.717, 1.165) is 22.4 Å². The van der Waals surface area contributed by atoms with E-state index in [4.69, 9.17) is 8.83 Å². The maximum absolute atomic E-state index is 10.6. The highest BCUT2D eigenvalue weighted by molar-refractivity contribution is 5.57. The Bertz CT molecular complexity index is 1130. The van der Waals surface area contributed by atoms with Gasteiger partial charge in [-0.05, 0) is 17.7 Å². The van der Waals surface area contributed by atoms with Gasteiger partial charge in [0.05, 0.1) is 36.4 Å². The van der Waals surface area contributed by atoms with Crippen molar-refractivity contribution in [3.05, 3.63) is 114 Å². The Morgan fingerprint density at radius 2 is 1.64 bits per heavy atom. The van der Waals surface area contributed by atoms with Gasteiger partial charge in [0.1, 0.15) is 6.07 Å². The molecule has 1 aliphatic carbocycles. The molecule has 28 heavy (non-hydrogen) atoms. The fourth-order valence-electron chi connectivity index (χ4n) is 5.55. The van der Waals surface area contributed by atoms with Gasteiger partial charge in [0.2, 0.25) is 0 Å². The summed E-state index contributed by atoms with van der Waals surface area (Å²) in [6, 6.07) is 21.3. The van der Waals surface area contributed by atoms with E-state index in [9.17, 15) is 5.26 Å². The average Bonchev–Trinajstić information content (AvgIpc) is 3.48. The molecule has 5 heterocycles. The first-order chi connectivity index (χ1) is 13.8. The Hall–Kier alpha value is -3.58. The largest absolute Gasteiger partial charge is 0.472 e. The highest BCUT2D eigenvalue weighted by Crippen LogP contribution is 2.61. The van der Waals surface area contributed by atoms with Crippen LogP contribution in [-0.2, 0) is 11.0 Å². The van der Waals surface area contributed by atoms with Gasteiger partial charge in [0.25, 0.3) is 5.54 Å². The Kier molecular flexibility index (Phi) is 2.89. The van der Waals surface area contributed by atoms with Gasteiger partial charge in [0.15, 0.2) is 11.9 Å². The van der Waals surface area contributed by atoms with Crippen LogP contribution in [0.25, 0.3) is 0 Å².